The number of hydrogen-bond donors (Lipinski definition) is 2. The largest absolute Gasteiger partial charge is 1.00 e. The molecule has 0 aromatic rings. The van der Waals surface area contributed by atoms with Crippen LogP contribution < -0.4 is 88.7 Å². The van der Waals surface area contributed by atoms with Gasteiger partial charge in [0, 0.05) is 0 Å². The van der Waals surface area contributed by atoms with E-state index in [0.29, 0.717) is 0 Å². The molecule has 8 heteroatoms. The van der Waals surface area contributed by atoms with Gasteiger partial charge in [-0.15, -0.1) is 4.20 Å². The summed E-state index contributed by atoms with van der Waals surface area (Å²) in [6, 6.07) is 0. The van der Waals surface area contributed by atoms with Gasteiger partial charge in [0.25, 0.3) is 0 Å². The van der Waals surface area contributed by atoms with Crippen molar-refractivity contribution in [1.82, 2.24) is 0 Å². The van der Waals surface area contributed by atoms with Gasteiger partial charge < -0.3 is 4.28 Å². The summed E-state index contributed by atoms with van der Waals surface area (Å²) >= 11 is 0. The molecule has 0 fully saturated rings. The van der Waals surface area contributed by atoms with E-state index in [9.17, 15) is 4.20 Å². The van der Waals surface area contributed by atoms with Gasteiger partial charge in [0.05, 0.1) is 0 Å². The zero-order valence-corrected chi connectivity index (χ0v) is 12.0. The van der Waals surface area contributed by atoms with Crippen LogP contribution in [0.5, 0.6) is 0 Å². The van der Waals surface area contributed by atoms with Crippen molar-refractivity contribution in [3.05, 3.63) is 0 Å². The first-order chi connectivity index (χ1) is 2.00. The summed E-state index contributed by atoms with van der Waals surface area (Å²) in [7, 11) is -5.14. The molecule has 0 unspecified atom stereocenters. The zero-order valence-electron chi connectivity index (χ0n) is 8.13. The van der Waals surface area contributed by atoms with Gasteiger partial charge in [-0.3, -0.25) is 9.79 Å². The van der Waals surface area contributed by atoms with Gasteiger partial charge >= 0.3 is 96.6 Å². The number of halogens is 1. The van der Waals surface area contributed by atoms with Crippen molar-refractivity contribution in [1.29, 1.82) is 0 Å². The Kier molecular flexibility index (Phi) is 28.3. The average molecular weight is 172 g/mol. The van der Waals surface area contributed by atoms with E-state index in [1.807, 2.05) is 0 Å². The molecule has 0 aromatic carbocycles. The summed E-state index contributed by atoms with van der Waals surface area (Å²) in [5, 5.41) is 0. The van der Waals surface area contributed by atoms with E-state index in [4.69, 9.17) is 14.4 Å². The fraction of sp³-hybridized carbons (Fsp3) is 0. The van der Waals surface area contributed by atoms with Crippen molar-refractivity contribution in [3.63, 3.8) is 0 Å². The Morgan fingerprint density at radius 2 is 1.25 bits per heavy atom. The second-order valence-corrected chi connectivity index (χ2v) is 1.42. The van der Waals surface area contributed by atoms with E-state index in [0.717, 1.165) is 0 Å². The molecule has 0 radical (unpaired) electrons. The van der Waals surface area contributed by atoms with Crippen molar-refractivity contribution < 1.29 is 112 Å². The summed E-state index contributed by atoms with van der Waals surface area (Å²) < 4.78 is 19.0. The Labute approximate surface area is 117 Å². The van der Waals surface area contributed by atoms with E-state index >= 15 is 0 Å². The van der Waals surface area contributed by atoms with Gasteiger partial charge in [-0.2, -0.15) is 0 Å². The predicted molar refractivity (Wildman–Crippen MR) is 16.5 cm³/mol. The number of rotatable bonds is 0. The first kappa shape index (κ1) is 22.5. The van der Waals surface area contributed by atoms with Crippen LogP contribution in [0, 0.1) is 0 Å². The molecule has 0 aliphatic rings. The van der Waals surface area contributed by atoms with Gasteiger partial charge in [-0.1, -0.05) is 0 Å². The van der Waals surface area contributed by atoms with Crippen molar-refractivity contribution in [3.8, 4) is 0 Å². The third kappa shape index (κ3) is 62.5. The van der Waals surface area contributed by atoms with E-state index in [-0.39, 0.29) is 93.0 Å². The molecular formula is H5FNa3O3P. The van der Waals surface area contributed by atoms with Crippen molar-refractivity contribution >= 4 is 7.91 Å². The van der Waals surface area contributed by atoms with Crippen LogP contribution in [0.25, 0.3) is 0 Å². The summed E-state index contributed by atoms with van der Waals surface area (Å²) in [5.74, 6) is 0. The Bertz CT molecular complexity index is 70.0. The quantitative estimate of drug-likeness (QED) is 0.282. The molecular weight excluding hydrogens is 167 g/mol. The molecule has 0 saturated carbocycles. The van der Waals surface area contributed by atoms with Crippen LogP contribution in [0.15, 0.2) is 0 Å². The molecule has 0 aliphatic carbocycles. The minimum atomic E-state index is -5.14. The number of hydrogen-bond acceptors (Lipinski definition) is 1. The van der Waals surface area contributed by atoms with E-state index in [2.05, 4.69) is 0 Å². The molecule has 0 aliphatic heterocycles. The molecule has 0 bridgehead atoms. The Hall–Kier alpha value is 3.08. The molecule has 0 heterocycles. The van der Waals surface area contributed by atoms with Crippen LogP contribution in [0.4, 0.5) is 4.20 Å². The molecule has 0 spiro atoms. The summed E-state index contributed by atoms with van der Waals surface area (Å²) in [6.07, 6.45) is 0. The Morgan fingerprint density at radius 1 is 1.25 bits per heavy atom. The topological polar surface area (TPSA) is 57.5 Å². The van der Waals surface area contributed by atoms with Gasteiger partial charge in [-0.25, -0.2) is 4.57 Å². The van der Waals surface area contributed by atoms with E-state index < -0.39 is 7.91 Å². The Balaban J connectivity index is -0.00000000533. The first-order valence-electron chi connectivity index (χ1n) is 0.752. The molecule has 38 valence electrons. The van der Waals surface area contributed by atoms with Gasteiger partial charge in [0.2, 0.25) is 0 Å². The minimum absolute atomic E-state index is 0. The van der Waals surface area contributed by atoms with Crippen molar-refractivity contribution in [2.45, 2.75) is 0 Å². The normalized spacial score (nSPS) is 7.38. The molecule has 2 N–H and O–H groups in total. The molecule has 0 rings (SSSR count). The van der Waals surface area contributed by atoms with Gasteiger partial charge in [0.1, 0.15) is 0 Å². The van der Waals surface area contributed by atoms with E-state index in [1.54, 1.807) is 0 Å². The second kappa shape index (κ2) is 10.1. The summed E-state index contributed by atoms with van der Waals surface area (Å²) in [6.45, 7) is 0. The minimum Gasteiger partial charge on any atom is -1.00 e. The third-order valence-electron chi connectivity index (χ3n) is 0. The predicted octanol–water partition coefficient (Wildman–Crippen LogP) is -8.60. The summed E-state index contributed by atoms with van der Waals surface area (Å²) in [4.78, 5) is 13.9. The van der Waals surface area contributed by atoms with Crippen LogP contribution in [0.3, 0.4) is 0 Å². The van der Waals surface area contributed by atoms with Crippen LogP contribution >= 0.6 is 7.91 Å². The molecule has 0 aromatic heterocycles. The smallest absolute Gasteiger partial charge is 1.00 e. The maximum atomic E-state index is 10.4. The molecule has 0 atom stereocenters. The van der Waals surface area contributed by atoms with Gasteiger partial charge in [0.15, 0.2) is 0 Å². The first-order valence-corrected chi connectivity index (χ1v) is 2.25. The SMILES string of the molecule is O=P(O)(O)F.[H-].[H-].[H-].[Na+].[Na+].[Na+]. The van der Waals surface area contributed by atoms with E-state index in [1.165, 1.54) is 0 Å². The fourth-order valence-corrected chi connectivity index (χ4v) is 0. The average Bonchev–Trinajstić information content (AvgIpc) is 0.722. The van der Waals surface area contributed by atoms with Crippen LogP contribution in [-0.4, -0.2) is 9.79 Å². The fourth-order valence-electron chi connectivity index (χ4n) is 0. The zero-order chi connectivity index (χ0) is 4.50. The standard InChI is InChI=1S/FH2O3P.3Na.3H/c1-5(2,3)4;;;;;;/h(H2,2,3,4);;;;;;/q;3*+1;3*-1. The summed E-state index contributed by atoms with van der Waals surface area (Å²) in [5.41, 5.74) is 0. The van der Waals surface area contributed by atoms with Gasteiger partial charge in [-0.05, 0) is 0 Å². The van der Waals surface area contributed by atoms with Crippen LogP contribution in [0.1, 0.15) is 4.28 Å². The molecule has 3 nitrogen and oxygen atoms in total. The molecule has 8 heavy (non-hydrogen) atoms. The van der Waals surface area contributed by atoms with Crippen molar-refractivity contribution in [2.24, 2.45) is 0 Å². The van der Waals surface area contributed by atoms with Crippen molar-refractivity contribution in [2.75, 3.05) is 0 Å². The maximum Gasteiger partial charge on any atom is 1.00 e. The Morgan fingerprint density at radius 3 is 1.25 bits per heavy atom. The maximum absolute atomic E-state index is 10.4. The second-order valence-electron chi connectivity index (χ2n) is 0.473. The molecule has 0 amide bonds. The third-order valence-corrected chi connectivity index (χ3v) is 0. The van der Waals surface area contributed by atoms with Crippen LogP contribution in [0.2, 0.25) is 0 Å². The monoisotopic (exact) mass is 172 g/mol. The molecule has 0 saturated heterocycles. The van der Waals surface area contributed by atoms with Crippen LogP contribution in [-0.2, 0) is 4.57 Å².